The van der Waals surface area contributed by atoms with E-state index >= 15 is 0 Å². The van der Waals surface area contributed by atoms with Gasteiger partial charge in [-0.15, -0.1) is 0 Å². The van der Waals surface area contributed by atoms with E-state index in [4.69, 9.17) is 10.2 Å². The van der Waals surface area contributed by atoms with Gasteiger partial charge in [0.15, 0.2) is 0 Å². The Bertz CT molecular complexity index is 344. The highest BCUT2D eigenvalue weighted by atomic mass is 16.3. The maximum absolute atomic E-state index is 5.58. The number of nitrogens with two attached hydrogens (primary N) is 1. The highest BCUT2D eigenvalue weighted by Gasteiger charge is 2.14. The van der Waals surface area contributed by atoms with Gasteiger partial charge in [0.25, 0.3) is 0 Å². The van der Waals surface area contributed by atoms with E-state index in [1.807, 2.05) is 6.92 Å². The van der Waals surface area contributed by atoms with Gasteiger partial charge in [-0.25, -0.2) is 0 Å². The van der Waals surface area contributed by atoms with Gasteiger partial charge in [-0.3, -0.25) is 4.90 Å². The molecule has 0 bridgehead atoms. The van der Waals surface area contributed by atoms with E-state index in [-0.39, 0.29) is 0 Å². The van der Waals surface area contributed by atoms with Crippen LogP contribution in [0.2, 0.25) is 0 Å². The van der Waals surface area contributed by atoms with Crippen LogP contribution in [0.1, 0.15) is 44.3 Å². The molecule has 0 saturated heterocycles. The Hall–Kier alpha value is -0.800. The van der Waals surface area contributed by atoms with E-state index in [1.165, 1.54) is 12.0 Å². The van der Waals surface area contributed by atoms with Crippen molar-refractivity contribution in [1.29, 1.82) is 0 Å². The van der Waals surface area contributed by atoms with Crippen LogP contribution in [-0.2, 0) is 13.1 Å². The average molecular weight is 238 g/mol. The molecule has 0 aliphatic heterocycles. The Kier molecular flexibility index (Phi) is 5.22. The highest BCUT2D eigenvalue weighted by molar-refractivity contribution is 5.20. The number of rotatable bonds is 6. The quantitative estimate of drug-likeness (QED) is 0.828. The summed E-state index contributed by atoms with van der Waals surface area (Å²) >= 11 is 0. The van der Waals surface area contributed by atoms with Crippen molar-refractivity contribution in [2.45, 2.75) is 53.2 Å². The van der Waals surface area contributed by atoms with Crippen LogP contribution in [0.3, 0.4) is 0 Å². The fourth-order valence-corrected chi connectivity index (χ4v) is 2.13. The standard InChI is InChI=1S/C14H26N2O/c1-10(2)6-11(3)16(5)9-13-7-14(8-15)17-12(13)4/h7,10-11H,6,8-9,15H2,1-5H3. The van der Waals surface area contributed by atoms with Crippen LogP contribution in [-0.4, -0.2) is 18.0 Å². The summed E-state index contributed by atoms with van der Waals surface area (Å²) < 4.78 is 5.57. The Morgan fingerprint density at radius 3 is 2.47 bits per heavy atom. The van der Waals surface area contributed by atoms with Crippen LogP contribution in [0.15, 0.2) is 10.5 Å². The van der Waals surface area contributed by atoms with E-state index in [1.54, 1.807) is 0 Å². The van der Waals surface area contributed by atoms with Gasteiger partial charge in [-0.05, 0) is 39.3 Å². The summed E-state index contributed by atoms with van der Waals surface area (Å²) in [5.41, 5.74) is 6.83. The van der Waals surface area contributed by atoms with E-state index in [9.17, 15) is 0 Å². The SMILES string of the molecule is Cc1oc(CN)cc1CN(C)C(C)CC(C)C. The molecule has 1 atom stereocenters. The molecule has 0 aromatic carbocycles. The first kappa shape index (κ1) is 14.3. The van der Waals surface area contributed by atoms with Crippen molar-refractivity contribution < 1.29 is 4.42 Å². The predicted octanol–water partition coefficient (Wildman–Crippen LogP) is 2.91. The molecule has 3 heteroatoms. The van der Waals surface area contributed by atoms with Crippen LogP contribution < -0.4 is 5.73 Å². The molecule has 1 heterocycles. The van der Waals surface area contributed by atoms with Crippen molar-refractivity contribution in [3.8, 4) is 0 Å². The predicted molar refractivity (Wildman–Crippen MR) is 71.7 cm³/mol. The number of nitrogens with zero attached hydrogens (tertiary/aromatic N) is 1. The Balaban J connectivity index is 2.60. The van der Waals surface area contributed by atoms with Crippen molar-refractivity contribution in [2.75, 3.05) is 7.05 Å². The lowest BCUT2D eigenvalue weighted by Crippen LogP contribution is -2.29. The maximum Gasteiger partial charge on any atom is 0.118 e. The Morgan fingerprint density at radius 2 is 2.00 bits per heavy atom. The fourth-order valence-electron chi connectivity index (χ4n) is 2.13. The van der Waals surface area contributed by atoms with Gasteiger partial charge in [0.05, 0.1) is 6.54 Å². The minimum atomic E-state index is 0.478. The second-order valence-corrected chi connectivity index (χ2v) is 5.39. The zero-order valence-corrected chi connectivity index (χ0v) is 11.8. The molecule has 0 spiro atoms. The molecule has 17 heavy (non-hydrogen) atoms. The van der Waals surface area contributed by atoms with E-state index in [0.717, 1.165) is 24.0 Å². The van der Waals surface area contributed by atoms with Gasteiger partial charge >= 0.3 is 0 Å². The zero-order chi connectivity index (χ0) is 13.0. The van der Waals surface area contributed by atoms with Crippen LogP contribution in [0, 0.1) is 12.8 Å². The molecule has 1 unspecified atom stereocenters. The number of hydrogen-bond donors (Lipinski definition) is 1. The minimum absolute atomic E-state index is 0.478. The Morgan fingerprint density at radius 1 is 1.35 bits per heavy atom. The van der Waals surface area contributed by atoms with Gasteiger partial charge in [-0.2, -0.15) is 0 Å². The number of aryl methyl sites for hydroxylation is 1. The molecule has 1 rings (SSSR count). The zero-order valence-electron chi connectivity index (χ0n) is 11.8. The van der Waals surface area contributed by atoms with Gasteiger partial charge in [-0.1, -0.05) is 13.8 Å². The monoisotopic (exact) mass is 238 g/mol. The average Bonchev–Trinajstić information content (AvgIpc) is 2.58. The van der Waals surface area contributed by atoms with Gasteiger partial charge in [0.1, 0.15) is 11.5 Å². The van der Waals surface area contributed by atoms with Gasteiger partial charge < -0.3 is 10.2 Å². The molecular formula is C14H26N2O. The molecule has 2 N–H and O–H groups in total. The lowest BCUT2D eigenvalue weighted by atomic mass is 10.0. The van der Waals surface area contributed by atoms with E-state index in [0.29, 0.717) is 12.6 Å². The Labute approximate surface area is 105 Å². The van der Waals surface area contributed by atoms with Crippen LogP contribution >= 0.6 is 0 Å². The van der Waals surface area contributed by atoms with Crippen molar-refractivity contribution in [3.05, 3.63) is 23.2 Å². The summed E-state index contributed by atoms with van der Waals surface area (Å²) in [7, 11) is 2.17. The van der Waals surface area contributed by atoms with Crippen LogP contribution in [0.25, 0.3) is 0 Å². The third kappa shape index (κ3) is 4.17. The van der Waals surface area contributed by atoms with Crippen molar-refractivity contribution in [3.63, 3.8) is 0 Å². The molecule has 0 saturated carbocycles. The van der Waals surface area contributed by atoms with Crippen molar-refractivity contribution in [1.82, 2.24) is 4.90 Å². The largest absolute Gasteiger partial charge is 0.465 e. The summed E-state index contributed by atoms with van der Waals surface area (Å²) in [5.74, 6) is 2.61. The van der Waals surface area contributed by atoms with E-state index < -0.39 is 0 Å². The second-order valence-electron chi connectivity index (χ2n) is 5.39. The van der Waals surface area contributed by atoms with Gasteiger partial charge in [0.2, 0.25) is 0 Å². The topological polar surface area (TPSA) is 42.4 Å². The summed E-state index contributed by atoms with van der Waals surface area (Å²) in [6, 6.07) is 2.67. The number of furan rings is 1. The molecule has 3 nitrogen and oxygen atoms in total. The van der Waals surface area contributed by atoms with Crippen molar-refractivity contribution in [2.24, 2.45) is 11.7 Å². The first-order valence-corrected chi connectivity index (χ1v) is 6.42. The highest BCUT2D eigenvalue weighted by Crippen LogP contribution is 2.18. The summed E-state index contributed by atoms with van der Waals surface area (Å²) in [5, 5.41) is 0. The molecule has 0 aliphatic carbocycles. The summed E-state index contributed by atoms with van der Waals surface area (Å²) in [6.07, 6.45) is 1.22. The molecule has 0 aliphatic rings. The molecule has 1 aromatic rings. The van der Waals surface area contributed by atoms with Crippen LogP contribution in [0.5, 0.6) is 0 Å². The first-order valence-electron chi connectivity index (χ1n) is 6.42. The van der Waals surface area contributed by atoms with Crippen LogP contribution in [0.4, 0.5) is 0 Å². The van der Waals surface area contributed by atoms with E-state index in [2.05, 4.69) is 38.8 Å². The molecule has 0 radical (unpaired) electrons. The normalized spacial score (nSPS) is 13.6. The second kappa shape index (κ2) is 6.22. The molecule has 98 valence electrons. The smallest absolute Gasteiger partial charge is 0.118 e. The third-order valence-electron chi connectivity index (χ3n) is 3.26. The molecule has 0 fully saturated rings. The summed E-state index contributed by atoms with van der Waals surface area (Å²) in [4.78, 5) is 2.37. The first-order chi connectivity index (χ1) is 7.93. The lowest BCUT2D eigenvalue weighted by molar-refractivity contribution is 0.219. The number of hydrogen-bond acceptors (Lipinski definition) is 3. The third-order valence-corrected chi connectivity index (χ3v) is 3.26. The minimum Gasteiger partial charge on any atom is -0.465 e. The lowest BCUT2D eigenvalue weighted by Gasteiger charge is -2.25. The molecule has 0 amide bonds. The molecular weight excluding hydrogens is 212 g/mol. The van der Waals surface area contributed by atoms with Gasteiger partial charge in [0, 0.05) is 18.2 Å². The fraction of sp³-hybridized carbons (Fsp3) is 0.714. The summed E-state index contributed by atoms with van der Waals surface area (Å²) in [6.45, 7) is 10.2. The van der Waals surface area contributed by atoms with Crippen molar-refractivity contribution >= 4 is 0 Å². The maximum atomic E-state index is 5.58. The molecule has 1 aromatic heterocycles.